The fraction of sp³-hybridized carbons (Fsp3) is 0.370. The van der Waals surface area contributed by atoms with Crippen molar-refractivity contribution in [1.82, 2.24) is 10.3 Å². The van der Waals surface area contributed by atoms with E-state index in [9.17, 15) is 18.4 Å². The Bertz CT molecular complexity index is 1310. The van der Waals surface area contributed by atoms with E-state index in [1.807, 2.05) is 6.92 Å². The lowest BCUT2D eigenvalue weighted by atomic mass is 10.2. The van der Waals surface area contributed by atoms with Crippen molar-refractivity contribution in [3.8, 4) is 28.7 Å². The van der Waals surface area contributed by atoms with Crippen molar-refractivity contribution < 1.29 is 41.7 Å². The molecule has 208 valence electrons. The third-order valence-electron chi connectivity index (χ3n) is 5.82. The molecule has 1 atom stereocenters. The Labute approximate surface area is 223 Å². The Balaban J connectivity index is 1.61. The van der Waals surface area contributed by atoms with E-state index >= 15 is 0 Å². The second kappa shape index (κ2) is 12.5. The number of oxazole rings is 1. The van der Waals surface area contributed by atoms with E-state index in [0.717, 1.165) is 12.8 Å². The predicted octanol–water partition coefficient (Wildman–Crippen LogP) is 5.22. The Hall–Kier alpha value is -4.35. The van der Waals surface area contributed by atoms with Gasteiger partial charge in [-0.1, -0.05) is 12.1 Å². The van der Waals surface area contributed by atoms with Crippen molar-refractivity contribution in [3.63, 3.8) is 0 Å². The zero-order valence-corrected chi connectivity index (χ0v) is 21.4. The second-order valence-electron chi connectivity index (χ2n) is 8.82. The fourth-order valence-corrected chi connectivity index (χ4v) is 3.79. The van der Waals surface area contributed by atoms with Gasteiger partial charge in [-0.15, -0.1) is 0 Å². The molecular weight excluding hydrogens is 516 g/mol. The van der Waals surface area contributed by atoms with E-state index in [4.69, 9.17) is 24.4 Å². The van der Waals surface area contributed by atoms with Crippen LogP contribution in [0, 0.1) is 5.92 Å². The minimum atomic E-state index is -3.03. The number of aromatic nitrogens is 1. The summed E-state index contributed by atoms with van der Waals surface area (Å²) in [7, 11) is 0. The number of halogens is 2. The summed E-state index contributed by atoms with van der Waals surface area (Å²) >= 11 is 0. The van der Waals surface area contributed by atoms with Crippen LogP contribution < -0.4 is 25.3 Å². The van der Waals surface area contributed by atoms with Crippen LogP contribution in [0.4, 0.5) is 13.6 Å². The molecule has 0 saturated heterocycles. The van der Waals surface area contributed by atoms with E-state index in [1.165, 1.54) is 25.1 Å². The number of primary amides is 1. The second-order valence-corrected chi connectivity index (χ2v) is 8.82. The Morgan fingerprint density at radius 2 is 1.90 bits per heavy atom. The fourth-order valence-electron chi connectivity index (χ4n) is 3.79. The van der Waals surface area contributed by atoms with Crippen molar-refractivity contribution in [2.24, 2.45) is 11.7 Å². The number of amides is 2. The number of nitrogens with one attached hydrogen (secondary N) is 1. The maximum Gasteiger partial charge on any atom is 0.405 e. The molecule has 4 rings (SSSR count). The van der Waals surface area contributed by atoms with E-state index in [1.54, 1.807) is 24.3 Å². The summed E-state index contributed by atoms with van der Waals surface area (Å²) in [5.74, 6) is 0.613. The number of nitrogens with two attached hydrogens (primary N) is 1. The van der Waals surface area contributed by atoms with Crippen LogP contribution in [0.1, 0.15) is 54.6 Å². The van der Waals surface area contributed by atoms with Gasteiger partial charge >= 0.3 is 12.7 Å². The highest BCUT2D eigenvalue weighted by Crippen LogP contribution is 2.37. The Kier molecular flexibility index (Phi) is 8.84. The highest BCUT2D eigenvalue weighted by molar-refractivity contribution is 5.96. The summed E-state index contributed by atoms with van der Waals surface area (Å²) in [6.45, 7) is 0.992. The molecule has 0 radical (unpaired) electrons. The van der Waals surface area contributed by atoms with Gasteiger partial charge in [0.05, 0.1) is 25.3 Å². The lowest BCUT2D eigenvalue weighted by Gasteiger charge is -2.13. The first-order chi connectivity index (χ1) is 18.7. The number of carbonyl (C=O) groups excluding carboxylic acids is 2. The average molecular weight is 546 g/mol. The molecule has 2 amide bonds. The average Bonchev–Trinajstić information content (AvgIpc) is 3.63. The first-order valence-corrected chi connectivity index (χ1v) is 12.4. The van der Waals surface area contributed by atoms with Crippen LogP contribution >= 0.6 is 0 Å². The maximum atomic E-state index is 12.9. The van der Waals surface area contributed by atoms with Crippen LogP contribution in [0.15, 0.2) is 46.9 Å². The monoisotopic (exact) mass is 545 g/mol. The molecule has 1 fully saturated rings. The van der Waals surface area contributed by atoms with Crippen molar-refractivity contribution in [3.05, 3.63) is 59.5 Å². The lowest BCUT2D eigenvalue weighted by Crippen LogP contribution is -2.25. The molecule has 1 aliphatic carbocycles. The van der Waals surface area contributed by atoms with Gasteiger partial charge in [0.2, 0.25) is 5.89 Å². The summed E-state index contributed by atoms with van der Waals surface area (Å²) in [6, 6.07) is 11.1. The van der Waals surface area contributed by atoms with Crippen LogP contribution in [0.3, 0.4) is 0 Å². The lowest BCUT2D eigenvalue weighted by molar-refractivity contribution is -0.0515. The molecular formula is C27H29F2N3O7. The van der Waals surface area contributed by atoms with Gasteiger partial charge in [0.15, 0.2) is 23.4 Å². The van der Waals surface area contributed by atoms with Gasteiger partial charge in [-0.2, -0.15) is 8.78 Å². The molecule has 39 heavy (non-hydrogen) atoms. The molecule has 1 saturated carbocycles. The van der Waals surface area contributed by atoms with Gasteiger partial charge in [-0.25, -0.2) is 9.78 Å². The predicted molar refractivity (Wildman–Crippen MR) is 135 cm³/mol. The molecule has 3 N–H and O–H groups in total. The highest BCUT2D eigenvalue weighted by atomic mass is 19.3. The first kappa shape index (κ1) is 27.7. The number of hydrogen-bond acceptors (Lipinski definition) is 8. The van der Waals surface area contributed by atoms with E-state index < -0.39 is 24.7 Å². The Morgan fingerprint density at radius 3 is 2.59 bits per heavy atom. The van der Waals surface area contributed by atoms with Crippen LogP contribution in [0.2, 0.25) is 0 Å². The quantitative estimate of drug-likeness (QED) is 0.299. The maximum absolute atomic E-state index is 12.9. The van der Waals surface area contributed by atoms with Gasteiger partial charge in [0.25, 0.3) is 5.91 Å². The van der Waals surface area contributed by atoms with Gasteiger partial charge in [0, 0.05) is 5.56 Å². The number of rotatable bonds is 13. The summed E-state index contributed by atoms with van der Waals surface area (Å²) in [5, 5.41) is 2.77. The summed E-state index contributed by atoms with van der Waals surface area (Å²) < 4.78 is 52.7. The Morgan fingerprint density at radius 1 is 1.13 bits per heavy atom. The molecule has 0 bridgehead atoms. The molecule has 2 aromatic carbocycles. The number of ether oxygens (including phenoxy) is 4. The van der Waals surface area contributed by atoms with Crippen molar-refractivity contribution >= 4 is 12.0 Å². The number of benzene rings is 2. The number of hydrogen-bond donors (Lipinski definition) is 2. The summed E-state index contributed by atoms with van der Waals surface area (Å²) in [4.78, 5) is 28.8. The third-order valence-corrected chi connectivity index (χ3v) is 5.82. The zero-order valence-electron chi connectivity index (χ0n) is 21.4. The zero-order chi connectivity index (χ0) is 27.9. The molecule has 1 aromatic heterocycles. The number of nitrogens with zero attached hydrogens (tertiary/aromatic N) is 1. The third kappa shape index (κ3) is 7.37. The van der Waals surface area contributed by atoms with Gasteiger partial charge in [0.1, 0.15) is 11.4 Å². The molecule has 0 spiro atoms. The van der Waals surface area contributed by atoms with Crippen molar-refractivity contribution in [2.45, 2.75) is 45.9 Å². The van der Waals surface area contributed by atoms with Crippen molar-refractivity contribution in [2.75, 3.05) is 13.2 Å². The van der Waals surface area contributed by atoms with E-state index in [2.05, 4.69) is 15.0 Å². The number of para-hydroxylation sites is 1. The molecule has 1 heterocycles. The van der Waals surface area contributed by atoms with Crippen molar-refractivity contribution in [1.29, 1.82) is 0 Å². The molecule has 10 nitrogen and oxygen atoms in total. The van der Waals surface area contributed by atoms with Crippen LogP contribution in [-0.4, -0.2) is 36.8 Å². The number of alkyl halides is 2. The van der Waals surface area contributed by atoms with Crippen LogP contribution in [0.25, 0.3) is 11.5 Å². The van der Waals surface area contributed by atoms with E-state index in [0.29, 0.717) is 36.0 Å². The molecule has 3 aromatic rings. The smallest absolute Gasteiger partial charge is 0.405 e. The van der Waals surface area contributed by atoms with Gasteiger partial charge in [-0.05, 0) is 62.9 Å². The van der Waals surface area contributed by atoms with Gasteiger partial charge < -0.3 is 34.4 Å². The van der Waals surface area contributed by atoms with Crippen LogP contribution in [0.5, 0.6) is 17.2 Å². The highest BCUT2D eigenvalue weighted by Gasteiger charge is 2.26. The number of carbonyl (C=O) groups is 2. The van der Waals surface area contributed by atoms with E-state index in [-0.39, 0.29) is 35.4 Å². The minimum absolute atomic E-state index is 0.0811. The molecule has 0 unspecified atom stereocenters. The summed E-state index contributed by atoms with van der Waals surface area (Å²) in [6.07, 6.45) is 0.0644. The van der Waals surface area contributed by atoms with Crippen LogP contribution in [-0.2, 0) is 11.3 Å². The normalized spacial score (nSPS) is 13.6. The standard InChI is InChI=1S/C27H29F2N3O7/c1-3-35-20-7-5-4-6-18(20)24(33)31-13-19-23(15(2)37-27(30)34)39-25(32-19)17-10-11-21(38-26(28)29)22(12-17)36-14-16-8-9-16/h4-7,10-12,15-16,26H,3,8-9,13-14H2,1-2H3,(H2,30,34)(H,31,33)/t15-/m0/s1. The summed E-state index contributed by atoms with van der Waals surface area (Å²) in [5.41, 5.74) is 6.18. The minimum Gasteiger partial charge on any atom is -0.493 e. The molecule has 1 aliphatic rings. The topological polar surface area (TPSA) is 135 Å². The molecule has 0 aliphatic heterocycles. The SMILES string of the molecule is CCOc1ccccc1C(=O)NCc1nc(-c2ccc(OC(F)F)c(OCC3CC3)c2)oc1[C@H](C)OC(N)=O. The van der Waals surface area contributed by atoms with Gasteiger partial charge in [-0.3, -0.25) is 4.79 Å². The largest absolute Gasteiger partial charge is 0.493 e. The first-order valence-electron chi connectivity index (χ1n) is 12.4. The molecule has 12 heteroatoms.